The average Bonchev–Trinajstić information content (AvgIpc) is 3.39. The van der Waals surface area contributed by atoms with E-state index >= 15 is 0 Å². The van der Waals surface area contributed by atoms with E-state index in [1.54, 1.807) is 12.1 Å². The van der Waals surface area contributed by atoms with Crippen LogP contribution in [0.2, 0.25) is 0 Å². The van der Waals surface area contributed by atoms with Crippen LogP contribution >= 0.6 is 0 Å². The fourth-order valence-corrected chi connectivity index (χ4v) is 2.80. The Kier molecular flexibility index (Phi) is 5.04. The molecule has 0 aliphatic heterocycles. The first kappa shape index (κ1) is 16.4. The summed E-state index contributed by atoms with van der Waals surface area (Å²) in [7, 11) is 0. The first-order valence-electron chi connectivity index (χ1n) is 8.55. The van der Waals surface area contributed by atoms with Gasteiger partial charge in [0.25, 0.3) is 0 Å². The van der Waals surface area contributed by atoms with Crippen molar-refractivity contribution >= 4 is 11.7 Å². The highest BCUT2D eigenvalue weighted by Crippen LogP contribution is 2.40. The number of phenolic OH excluding ortho intramolecular Hbond substituents is 1. The van der Waals surface area contributed by atoms with Gasteiger partial charge in [-0.2, -0.15) is 0 Å². The Morgan fingerprint density at radius 3 is 2.67 bits per heavy atom. The zero-order chi connectivity index (χ0) is 16.9. The van der Waals surface area contributed by atoms with E-state index in [0.717, 1.165) is 24.1 Å². The second-order valence-electron chi connectivity index (χ2n) is 6.60. The smallest absolute Gasteiger partial charge is 0.319 e. The van der Waals surface area contributed by atoms with E-state index < -0.39 is 0 Å². The van der Waals surface area contributed by atoms with Crippen LogP contribution < -0.4 is 10.6 Å². The molecular formula is C20H24N2O2. The largest absolute Gasteiger partial charge is 0.508 e. The minimum atomic E-state index is -0.166. The van der Waals surface area contributed by atoms with Gasteiger partial charge in [-0.15, -0.1) is 0 Å². The van der Waals surface area contributed by atoms with Crippen LogP contribution in [0.3, 0.4) is 0 Å². The molecule has 1 aliphatic carbocycles. The Labute approximate surface area is 142 Å². The van der Waals surface area contributed by atoms with Crippen LogP contribution in [0.4, 0.5) is 10.5 Å². The number of benzene rings is 2. The van der Waals surface area contributed by atoms with Crippen molar-refractivity contribution in [2.75, 3.05) is 5.32 Å². The molecule has 0 radical (unpaired) electrons. The molecule has 1 aliphatic rings. The highest BCUT2D eigenvalue weighted by molar-refractivity contribution is 5.89. The summed E-state index contributed by atoms with van der Waals surface area (Å²) in [6, 6.07) is 15.2. The summed E-state index contributed by atoms with van der Waals surface area (Å²) < 4.78 is 0. The van der Waals surface area contributed by atoms with E-state index in [9.17, 15) is 9.90 Å². The van der Waals surface area contributed by atoms with Gasteiger partial charge in [0.2, 0.25) is 0 Å². The number of rotatable bonds is 6. The lowest BCUT2D eigenvalue weighted by Crippen LogP contribution is -2.36. The molecule has 1 fully saturated rings. The number of carbonyl (C=O) groups excluding carboxylic acids is 1. The fraction of sp³-hybridized carbons (Fsp3) is 0.350. The van der Waals surface area contributed by atoms with Crippen LogP contribution in [0.5, 0.6) is 5.75 Å². The molecule has 1 atom stereocenters. The van der Waals surface area contributed by atoms with E-state index in [-0.39, 0.29) is 17.8 Å². The number of phenols is 1. The van der Waals surface area contributed by atoms with E-state index in [1.807, 2.05) is 31.2 Å². The van der Waals surface area contributed by atoms with Gasteiger partial charge in [0.1, 0.15) is 5.75 Å². The molecule has 2 aromatic carbocycles. The van der Waals surface area contributed by atoms with E-state index in [4.69, 9.17) is 0 Å². The normalized spacial score (nSPS) is 14.9. The number of hydrogen-bond acceptors (Lipinski definition) is 2. The maximum atomic E-state index is 12.1. The van der Waals surface area contributed by atoms with E-state index in [0.29, 0.717) is 5.92 Å². The van der Waals surface area contributed by atoms with Gasteiger partial charge in [0.05, 0.1) is 0 Å². The number of aryl methyl sites for hydroxylation is 1. The molecule has 0 bridgehead atoms. The van der Waals surface area contributed by atoms with Crippen molar-refractivity contribution in [1.29, 1.82) is 0 Å². The Balaban J connectivity index is 1.45. The molecule has 2 aromatic rings. The lowest BCUT2D eigenvalue weighted by atomic mass is 10.1. The number of aromatic hydroxyl groups is 1. The third-order valence-electron chi connectivity index (χ3n) is 4.37. The molecule has 24 heavy (non-hydrogen) atoms. The SMILES string of the molecule is CC(CCc1ccc(O)cc1)NC(=O)Nc1cccc(C2CC2)c1. The van der Waals surface area contributed by atoms with Crippen molar-refractivity contribution in [2.24, 2.45) is 0 Å². The summed E-state index contributed by atoms with van der Waals surface area (Å²) in [5, 5.41) is 15.2. The number of urea groups is 1. The summed E-state index contributed by atoms with van der Waals surface area (Å²) in [6.07, 6.45) is 4.22. The summed E-state index contributed by atoms with van der Waals surface area (Å²) in [5.41, 5.74) is 3.31. The van der Waals surface area contributed by atoms with Crippen molar-refractivity contribution in [3.8, 4) is 5.75 Å². The van der Waals surface area contributed by atoms with Gasteiger partial charge in [-0.05, 0) is 73.9 Å². The standard InChI is InChI=1S/C20H24N2O2/c1-14(5-6-15-7-11-19(23)12-8-15)21-20(24)22-18-4-2-3-17(13-18)16-9-10-16/h2-4,7-8,11-14,16,23H,5-6,9-10H2,1H3,(H2,21,22,24). The Morgan fingerprint density at radius 1 is 1.21 bits per heavy atom. The van der Waals surface area contributed by atoms with Gasteiger partial charge < -0.3 is 15.7 Å². The average molecular weight is 324 g/mol. The third-order valence-corrected chi connectivity index (χ3v) is 4.37. The first-order chi connectivity index (χ1) is 11.6. The zero-order valence-corrected chi connectivity index (χ0v) is 14.0. The van der Waals surface area contributed by atoms with Gasteiger partial charge in [-0.3, -0.25) is 0 Å². The van der Waals surface area contributed by atoms with Crippen LogP contribution in [0, 0.1) is 0 Å². The minimum absolute atomic E-state index is 0.0745. The number of carbonyl (C=O) groups is 1. The van der Waals surface area contributed by atoms with E-state index in [2.05, 4.69) is 22.8 Å². The van der Waals surface area contributed by atoms with Crippen LogP contribution in [0.1, 0.15) is 43.2 Å². The van der Waals surface area contributed by atoms with Gasteiger partial charge >= 0.3 is 6.03 Å². The molecule has 2 amide bonds. The Morgan fingerprint density at radius 2 is 1.96 bits per heavy atom. The van der Waals surface area contributed by atoms with Gasteiger partial charge in [0, 0.05) is 11.7 Å². The number of hydrogen-bond donors (Lipinski definition) is 3. The highest BCUT2D eigenvalue weighted by Gasteiger charge is 2.23. The molecule has 3 rings (SSSR count). The van der Waals surface area contributed by atoms with Gasteiger partial charge in [-0.25, -0.2) is 4.79 Å². The lowest BCUT2D eigenvalue weighted by Gasteiger charge is -2.15. The lowest BCUT2D eigenvalue weighted by molar-refractivity contribution is 0.248. The summed E-state index contributed by atoms with van der Waals surface area (Å²) in [5.74, 6) is 0.955. The quantitative estimate of drug-likeness (QED) is 0.737. The Hall–Kier alpha value is -2.49. The van der Waals surface area contributed by atoms with Crippen LogP contribution in [-0.4, -0.2) is 17.2 Å². The molecule has 3 N–H and O–H groups in total. The monoisotopic (exact) mass is 324 g/mol. The van der Waals surface area contributed by atoms with E-state index in [1.165, 1.54) is 18.4 Å². The summed E-state index contributed by atoms with van der Waals surface area (Å²) >= 11 is 0. The zero-order valence-electron chi connectivity index (χ0n) is 14.0. The number of amides is 2. The molecule has 4 heteroatoms. The van der Waals surface area contributed by atoms with Crippen molar-refractivity contribution in [3.63, 3.8) is 0 Å². The molecule has 0 saturated heterocycles. The fourth-order valence-electron chi connectivity index (χ4n) is 2.80. The van der Waals surface area contributed by atoms with Crippen LogP contribution in [-0.2, 0) is 6.42 Å². The molecular weight excluding hydrogens is 300 g/mol. The van der Waals surface area contributed by atoms with Gasteiger partial charge in [-0.1, -0.05) is 24.3 Å². The molecule has 0 spiro atoms. The maximum absolute atomic E-state index is 12.1. The molecule has 1 unspecified atom stereocenters. The second-order valence-corrected chi connectivity index (χ2v) is 6.60. The van der Waals surface area contributed by atoms with Gasteiger partial charge in [0.15, 0.2) is 0 Å². The molecule has 0 aromatic heterocycles. The molecule has 4 nitrogen and oxygen atoms in total. The summed E-state index contributed by atoms with van der Waals surface area (Å²) in [6.45, 7) is 2.00. The second kappa shape index (κ2) is 7.39. The maximum Gasteiger partial charge on any atom is 0.319 e. The number of nitrogens with one attached hydrogen (secondary N) is 2. The highest BCUT2D eigenvalue weighted by atomic mass is 16.3. The summed E-state index contributed by atoms with van der Waals surface area (Å²) in [4.78, 5) is 12.1. The van der Waals surface area contributed by atoms with Crippen molar-refractivity contribution in [2.45, 2.75) is 44.6 Å². The third kappa shape index (κ3) is 4.75. The number of anilines is 1. The predicted octanol–water partition coefficient (Wildman–Crippen LogP) is 4.41. The predicted molar refractivity (Wildman–Crippen MR) is 96.5 cm³/mol. The molecule has 0 heterocycles. The van der Waals surface area contributed by atoms with Crippen molar-refractivity contribution < 1.29 is 9.90 Å². The molecule has 126 valence electrons. The topological polar surface area (TPSA) is 61.4 Å². The van der Waals surface area contributed by atoms with Crippen LogP contribution in [0.25, 0.3) is 0 Å². The van der Waals surface area contributed by atoms with Crippen molar-refractivity contribution in [3.05, 3.63) is 59.7 Å². The first-order valence-corrected chi connectivity index (χ1v) is 8.55. The van der Waals surface area contributed by atoms with Crippen LogP contribution in [0.15, 0.2) is 48.5 Å². The Bertz CT molecular complexity index is 693. The molecule has 1 saturated carbocycles. The minimum Gasteiger partial charge on any atom is -0.508 e. The van der Waals surface area contributed by atoms with Crippen molar-refractivity contribution in [1.82, 2.24) is 5.32 Å².